The zero-order chi connectivity index (χ0) is 20.6. The summed E-state index contributed by atoms with van der Waals surface area (Å²) in [5.74, 6) is -0.204. The molecule has 4 rings (SSSR count). The zero-order valence-corrected chi connectivity index (χ0v) is 16.1. The molecular formula is C20H23F3N4O2. The van der Waals surface area contributed by atoms with Crippen LogP contribution in [0.25, 0.3) is 0 Å². The van der Waals surface area contributed by atoms with Crippen LogP contribution < -0.4 is 5.32 Å². The molecule has 2 aliphatic heterocycles. The van der Waals surface area contributed by atoms with Gasteiger partial charge in [-0.2, -0.15) is 18.3 Å². The average Bonchev–Trinajstić information content (AvgIpc) is 3.16. The lowest BCUT2D eigenvalue weighted by Crippen LogP contribution is -2.41. The lowest BCUT2D eigenvalue weighted by Gasteiger charge is -2.34. The fourth-order valence-corrected chi connectivity index (χ4v) is 3.86. The highest BCUT2D eigenvalue weighted by Crippen LogP contribution is 2.44. The Labute approximate surface area is 166 Å². The van der Waals surface area contributed by atoms with Gasteiger partial charge in [-0.3, -0.25) is 4.79 Å². The van der Waals surface area contributed by atoms with Crippen LogP contribution in [0.3, 0.4) is 0 Å². The van der Waals surface area contributed by atoms with Crippen molar-refractivity contribution in [3.63, 3.8) is 0 Å². The number of carbonyl (C=O) groups excluding carboxylic acids is 1. The number of carbonyl (C=O) groups is 1. The van der Waals surface area contributed by atoms with Crippen molar-refractivity contribution in [2.75, 3.05) is 31.6 Å². The van der Waals surface area contributed by atoms with Gasteiger partial charge in [0.2, 0.25) is 0 Å². The van der Waals surface area contributed by atoms with Gasteiger partial charge in [0.1, 0.15) is 11.4 Å². The van der Waals surface area contributed by atoms with E-state index >= 15 is 0 Å². The quantitative estimate of drug-likeness (QED) is 0.844. The molecule has 1 aromatic carbocycles. The molecule has 0 saturated carbocycles. The summed E-state index contributed by atoms with van der Waals surface area (Å²) in [6.07, 6.45) is -2.56. The number of aryl methyl sites for hydroxylation is 1. The predicted octanol–water partition coefficient (Wildman–Crippen LogP) is 3.58. The Kier molecular flexibility index (Phi) is 5.24. The molecule has 0 radical (unpaired) electrons. The summed E-state index contributed by atoms with van der Waals surface area (Å²) in [4.78, 5) is 14.5. The molecule has 2 atom stereocenters. The number of rotatable bonds is 3. The van der Waals surface area contributed by atoms with Crippen molar-refractivity contribution < 1.29 is 22.7 Å². The van der Waals surface area contributed by atoms with E-state index in [-0.39, 0.29) is 23.7 Å². The third-order valence-electron chi connectivity index (χ3n) is 5.56. The van der Waals surface area contributed by atoms with Crippen LogP contribution in [0, 0.1) is 0 Å². The predicted molar refractivity (Wildman–Crippen MR) is 101 cm³/mol. The second-order valence-electron chi connectivity index (χ2n) is 7.34. The summed E-state index contributed by atoms with van der Waals surface area (Å²) in [6.45, 7) is 3.68. The van der Waals surface area contributed by atoms with E-state index in [0.717, 1.165) is 22.2 Å². The maximum absolute atomic E-state index is 13.8. The van der Waals surface area contributed by atoms with Crippen molar-refractivity contribution >= 4 is 11.7 Å². The highest BCUT2D eigenvalue weighted by Gasteiger charge is 2.47. The summed E-state index contributed by atoms with van der Waals surface area (Å²) in [6, 6.07) is 5.18. The van der Waals surface area contributed by atoms with Crippen LogP contribution >= 0.6 is 0 Å². The number of anilines is 1. The van der Waals surface area contributed by atoms with Crippen LogP contribution in [0.2, 0.25) is 0 Å². The van der Waals surface area contributed by atoms with E-state index < -0.39 is 18.3 Å². The Bertz CT molecular complexity index is 873. The Morgan fingerprint density at radius 2 is 1.93 bits per heavy atom. The maximum Gasteiger partial charge on any atom is 0.410 e. The summed E-state index contributed by atoms with van der Waals surface area (Å²) in [5, 5.41) is 7.07. The molecule has 0 aliphatic carbocycles. The van der Waals surface area contributed by atoms with Gasteiger partial charge in [-0.15, -0.1) is 0 Å². The number of alkyl halides is 3. The van der Waals surface area contributed by atoms with E-state index in [1.54, 1.807) is 4.90 Å². The minimum Gasteiger partial charge on any atom is -0.378 e. The molecule has 0 unspecified atom stereocenters. The van der Waals surface area contributed by atoms with Crippen LogP contribution in [0.4, 0.5) is 19.0 Å². The Balaban J connectivity index is 1.68. The van der Waals surface area contributed by atoms with Gasteiger partial charge in [0.05, 0.1) is 25.5 Å². The van der Waals surface area contributed by atoms with E-state index in [1.807, 2.05) is 31.2 Å². The smallest absolute Gasteiger partial charge is 0.378 e. The van der Waals surface area contributed by atoms with E-state index in [0.29, 0.717) is 26.3 Å². The first kappa shape index (κ1) is 19.8. The molecule has 1 saturated heterocycles. The number of nitrogens with zero attached hydrogens (tertiary/aromatic N) is 3. The van der Waals surface area contributed by atoms with Crippen LogP contribution in [0.1, 0.15) is 46.9 Å². The Hall–Kier alpha value is -2.55. The van der Waals surface area contributed by atoms with Crippen molar-refractivity contribution in [1.29, 1.82) is 0 Å². The minimum atomic E-state index is -4.47. The second-order valence-corrected chi connectivity index (χ2v) is 7.34. The Morgan fingerprint density at radius 1 is 1.24 bits per heavy atom. The topological polar surface area (TPSA) is 59.4 Å². The molecule has 2 aromatic rings. The molecule has 0 bridgehead atoms. The molecule has 1 fully saturated rings. The van der Waals surface area contributed by atoms with Gasteiger partial charge in [-0.25, -0.2) is 4.68 Å². The SMILES string of the molecule is CCc1ccc([C@H]2C[C@H](C(F)(F)F)n3ncc(C(=O)N4CCOCC4)c3N2)cc1. The van der Waals surface area contributed by atoms with E-state index in [9.17, 15) is 18.0 Å². The van der Waals surface area contributed by atoms with E-state index in [2.05, 4.69) is 10.4 Å². The summed E-state index contributed by atoms with van der Waals surface area (Å²) < 4.78 is 47.5. The molecule has 1 aromatic heterocycles. The highest BCUT2D eigenvalue weighted by atomic mass is 19.4. The molecule has 1 N–H and O–H groups in total. The van der Waals surface area contributed by atoms with Crippen molar-refractivity contribution in [2.24, 2.45) is 0 Å². The number of hydrogen-bond acceptors (Lipinski definition) is 4. The lowest BCUT2D eigenvalue weighted by molar-refractivity contribution is -0.173. The number of fused-ring (bicyclic) bond motifs is 1. The third kappa shape index (κ3) is 3.83. The molecule has 9 heteroatoms. The van der Waals surface area contributed by atoms with E-state index in [1.165, 1.54) is 6.20 Å². The van der Waals surface area contributed by atoms with Gasteiger partial charge in [0, 0.05) is 19.5 Å². The molecule has 156 valence electrons. The lowest BCUT2D eigenvalue weighted by atomic mass is 9.95. The zero-order valence-electron chi connectivity index (χ0n) is 16.1. The fourth-order valence-electron chi connectivity index (χ4n) is 3.86. The Morgan fingerprint density at radius 3 is 2.55 bits per heavy atom. The first-order valence-electron chi connectivity index (χ1n) is 9.75. The second kappa shape index (κ2) is 7.70. The molecule has 6 nitrogen and oxygen atoms in total. The average molecular weight is 408 g/mol. The molecule has 29 heavy (non-hydrogen) atoms. The first-order chi connectivity index (χ1) is 13.9. The molecule has 3 heterocycles. The molecular weight excluding hydrogens is 385 g/mol. The molecule has 2 aliphatic rings. The van der Waals surface area contributed by atoms with Crippen molar-refractivity contribution in [1.82, 2.24) is 14.7 Å². The van der Waals surface area contributed by atoms with Crippen LogP contribution in [0.5, 0.6) is 0 Å². The standard InChI is InChI=1S/C20H23F3N4O2/c1-2-13-3-5-14(6-4-13)16-11-17(20(21,22)23)27-18(25-16)15(12-24-27)19(28)26-7-9-29-10-8-26/h3-6,12,16-17,25H,2,7-11H2,1H3/t16-,17-/m1/s1. The largest absolute Gasteiger partial charge is 0.410 e. The van der Waals surface area contributed by atoms with Gasteiger partial charge in [-0.1, -0.05) is 31.2 Å². The molecule has 1 amide bonds. The first-order valence-corrected chi connectivity index (χ1v) is 9.75. The van der Waals surface area contributed by atoms with Gasteiger partial charge in [-0.05, 0) is 17.5 Å². The number of nitrogens with one attached hydrogen (secondary N) is 1. The van der Waals surface area contributed by atoms with E-state index in [4.69, 9.17) is 4.74 Å². The summed E-state index contributed by atoms with van der Waals surface area (Å²) in [7, 11) is 0. The van der Waals surface area contributed by atoms with Crippen LogP contribution in [-0.4, -0.2) is 53.1 Å². The summed E-state index contributed by atoms with van der Waals surface area (Å²) in [5.41, 5.74) is 2.04. The number of halogens is 3. The third-order valence-corrected chi connectivity index (χ3v) is 5.56. The van der Waals surface area contributed by atoms with Gasteiger partial charge < -0.3 is 15.0 Å². The number of aromatic nitrogens is 2. The number of hydrogen-bond donors (Lipinski definition) is 1. The number of ether oxygens (including phenoxy) is 1. The van der Waals surface area contributed by atoms with Crippen molar-refractivity contribution in [3.8, 4) is 0 Å². The number of amides is 1. The minimum absolute atomic E-state index is 0.125. The van der Waals surface area contributed by atoms with Gasteiger partial charge in [0.15, 0.2) is 6.04 Å². The molecule has 0 spiro atoms. The monoisotopic (exact) mass is 408 g/mol. The van der Waals surface area contributed by atoms with Crippen molar-refractivity contribution in [2.45, 2.75) is 38.0 Å². The number of morpholine rings is 1. The van der Waals surface area contributed by atoms with Gasteiger partial charge in [0.25, 0.3) is 5.91 Å². The fraction of sp³-hybridized carbons (Fsp3) is 0.500. The normalized spacial score (nSPS) is 22.1. The number of benzene rings is 1. The van der Waals surface area contributed by atoms with Gasteiger partial charge >= 0.3 is 6.18 Å². The van der Waals surface area contributed by atoms with Crippen LogP contribution in [-0.2, 0) is 11.2 Å². The van der Waals surface area contributed by atoms with Crippen molar-refractivity contribution in [3.05, 3.63) is 47.2 Å². The van der Waals surface area contributed by atoms with Crippen LogP contribution in [0.15, 0.2) is 30.5 Å². The summed E-state index contributed by atoms with van der Waals surface area (Å²) >= 11 is 0. The highest BCUT2D eigenvalue weighted by molar-refractivity contribution is 5.99. The maximum atomic E-state index is 13.8.